The first kappa shape index (κ1) is 19.6. The molecule has 28 heavy (non-hydrogen) atoms. The van der Waals surface area contributed by atoms with E-state index in [4.69, 9.17) is 0 Å². The number of nitrogens with one attached hydrogen (secondary N) is 3. The molecular formula is C20H19BrN4O3. The number of hydrazine groups is 1. The molecule has 1 heterocycles. The van der Waals surface area contributed by atoms with Crippen LogP contribution in [0.2, 0.25) is 0 Å². The van der Waals surface area contributed by atoms with Gasteiger partial charge in [-0.2, -0.15) is 5.01 Å². The molecule has 3 N–H and O–H groups in total. The zero-order valence-corrected chi connectivity index (χ0v) is 16.7. The lowest BCUT2D eigenvalue weighted by Gasteiger charge is -2.21. The molecule has 0 spiro atoms. The summed E-state index contributed by atoms with van der Waals surface area (Å²) >= 11 is 3.31. The molecule has 2 aromatic rings. The van der Waals surface area contributed by atoms with Crippen LogP contribution in [0.4, 0.5) is 15.3 Å². The number of imide groups is 1. The van der Waals surface area contributed by atoms with Crippen molar-refractivity contribution in [3.05, 3.63) is 70.7 Å². The zero-order valence-electron chi connectivity index (χ0n) is 15.1. The summed E-state index contributed by atoms with van der Waals surface area (Å²) in [6, 6.07) is 15.0. The number of halogens is 1. The fourth-order valence-electron chi connectivity index (χ4n) is 2.76. The second-order valence-electron chi connectivity index (χ2n) is 6.21. The Morgan fingerprint density at radius 2 is 1.82 bits per heavy atom. The highest BCUT2D eigenvalue weighted by Crippen LogP contribution is 2.23. The number of amides is 5. The predicted octanol–water partition coefficient (Wildman–Crippen LogP) is 3.90. The third-order valence-corrected chi connectivity index (χ3v) is 4.88. The summed E-state index contributed by atoms with van der Waals surface area (Å²) in [7, 11) is 0. The number of rotatable bonds is 5. The minimum Gasteiger partial charge on any atom is -0.318 e. The van der Waals surface area contributed by atoms with Crippen LogP contribution in [-0.2, 0) is 4.79 Å². The van der Waals surface area contributed by atoms with E-state index in [9.17, 15) is 14.4 Å². The van der Waals surface area contributed by atoms with Crippen molar-refractivity contribution in [2.75, 3.05) is 5.32 Å². The molecule has 0 aromatic heterocycles. The van der Waals surface area contributed by atoms with Crippen molar-refractivity contribution in [3.63, 3.8) is 0 Å². The number of benzene rings is 2. The monoisotopic (exact) mass is 442 g/mol. The molecule has 1 unspecified atom stereocenters. The molecule has 1 atom stereocenters. The Bertz CT molecular complexity index is 915. The largest absolute Gasteiger partial charge is 0.344 e. The predicted molar refractivity (Wildman–Crippen MR) is 110 cm³/mol. The lowest BCUT2D eigenvalue weighted by Crippen LogP contribution is -2.50. The normalized spacial score (nSPS) is 19.0. The van der Waals surface area contributed by atoms with Gasteiger partial charge in [0.05, 0.1) is 0 Å². The molecule has 2 aromatic carbocycles. The van der Waals surface area contributed by atoms with E-state index in [-0.39, 0.29) is 0 Å². The number of carbonyl (C=O) groups is 3. The average Bonchev–Trinajstić information content (AvgIpc) is 2.93. The number of urea groups is 2. The van der Waals surface area contributed by atoms with Crippen LogP contribution in [0.15, 0.2) is 65.1 Å². The van der Waals surface area contributed by atoms with Gasteiger partial charge in [0, 0.05) is 10.2 Å². The first-order chi connectivity index (χ1) is 13.4. The Labute approximate surface area is 170 Å². The maximum absolute atomic E-state index is 12.9. The zero-order chi connectivity index (χ0) is 20.1. The van der Waals surface area contributed by atoms with E-state index in [1.807, 2.05) is 30.3 Å². The van der Waals surface area contributed by atoms with Gasteiger partial charge in [0.2, 0.25) is 0 Å². The highest BCUT2D eigenvalue weighted by Gasteiger charge is 2.49. The SMILES string of the molecule is CCC1(C=Cc2ccccc2)NC(=O)N(NC(=O)Nc2ccc(Br)cc2)C1=O. The Hall–Kier alpha value is -3.13. The minimum absolute atomic E-state index is 0.341. The van der Waals surface area contributed by atoms with Gasteiger partial charge in [0.25, 0.3) is 5.91 Å². The van der Waals surface area contributed by atoms with E-state index >= 15 is 0 Å². The number of hydrogen-bond acceptors (Lipinski definition) is 3. The fraction of sp³-hybridized carbons (Fsp3) is 0.150. The third kappa shape index (κ3) is 4.23. The molecule has 7 nitrogen and oxygen atoms in total. The average molecular weight is 443 g/mol. The molecule has 1 aliphatic rings. The van der Waals surface area contributed by atoms with Gasteiger partial charge < -0.3 is 10.6 Å². The van der Waals surface area contributed by atoms with Crippen molar-refractivity contribution in [2.24, 2.45) is 0 Å². The third-order valence-electron chi connectivity index (χ3n) is 4.35. The van der Waals surface area contributed by atoms with E-state index in [0.717, 1.165) is 10.0 Å². The van der Waals surface area contributed by atoms with Crippen molar-refractivity contribution >= 4 is 45.7 Å². The topological polar surface area (TPSA) is 90.5 Å². The molecule has 8 heteroatoms. The highest BCUT2D eigenvalue weighted by molar-refractivity contribution is 9.10. The van der Waals surface area contributed by atoms with Crippen LogP contribution in [-0.4, -0.2) is 28.5 Å². The van der Waals surface area contributed by atoms with Gasteiger partial charge in [-0.15, -0.1) is 0 Å². The van der Waals surface area contributed by atoms with Crippen LogP contribution >= 0.6 is 15.9 Å². The first-order valence-electron chi connectivity index (χ1n) is 8.68. The summed E-state index contributed by atoms with van der Waals surface area (Å²) in [5, 5.41) is 5.94. The van der Waals surface area contributed by atoms with Crippen molar-refractivity contribution in [3.8, 4) is 0 Å². The van der Waals surface area contributed by atoms with Crippen LogP contribution in [0.25, 0.3) is 6.08 Å². The van der Waals surface area contributed by atoms with Gasteiger partial charge in [-0.25, -0.2) is 15.0 Å². The number of hydrogen-bond donors (Lipinski definition) is 3. The molecule has 0 radical (unpaired) electrons. The van der Waals surface area contributed by atoms with Gasteiger partial charge in [-0.05, 0) is 42.3 Å². The smallest absolute Gasteiger partial charge is 0.318 e. The Balaban J connectivity index is 1.71. The Morgan fingerprint density at radius 3 is 2.46 bits per heavy atom. The molecule has 5 amide bonds. The number of nitrogens with zero attached hydrogens (tertiary/aromatic N) is 1. The quantitative estimate of drug-likeness (QED) is 0.613. The van der Waals surface area contributed by atoms with Crippen molar-refractivity contribution < 1.29 is 14.4 Å². The van der Waals surface area contributed by atoms with Crippen LogP contribution in [0, 0.1) is 0 Å². The lowest BCUT2D eigenvalue weighted by atomic mass is 9.95. The van der Waals surface area contributed by atoms with Crippen molar-refractivity contribution in [1.29, 1.82) is 0 Å². The molecule has 144 valence electrons. The van der Waals surface area contributed by atoms with Gasteiger partial charge in [0.15, 0.2) is 0 Å². The maximum Gasteiger partial charge on any atom is 0.344 e. The van der Waals surface area contributed by atoms with Crippen molar-refractivity contribution in [2.45, 2.75) is 18.9 Å². The first-order valence-corrected chi connectivity index (χ1v) is 9.47. The summed E-state index contributed by atoms with van der Waals surface area (Å²) in [6.45, 7) is 1.79. The van der Waals surface area contributed by atoms with Crippen LogP contribution in [0.5, 0.6) is 0 Å². The summed E-state index contributed by atoms with van der Waals surface area (Å²) < 4.78 is 0.866. The highest BCUT2D eigenvalue weighted by atomic mass is 79.9. The van der Waals surface area contributed by atoms with Crippen LogP contribution in [0.1, 0.15) is 18.9 Å². The van der Waals surface area contributed by atoms with Crippen LogP contribution < -0.4 is 16.1 Å². The second-order valence-corrected chi connectivity index (χ2v) is 7.13. The van der Waals surface area contributed by atoms with E-state index < -0.39 is 23.5 Å². The number of carbonyl (C=O) groups excluding carboxylic acids is 3. The number of anilines is 1. The van der Waals surface area contributed by atoms with Crippen LogP contribution in [0.3, 0.4) is 0 Å². The molecule has 1 fully saturated rings. The maximum atomic E-state index is 12.9. The minimum atomic E-state index is -1.21. The van der Waals surface area contributed by atoms with E-state index in [1.165, 1.54) is 0 Å². The Kier molecular flexibility index (Phi) is 5.79. The standard InChI is InChI=1S/C20H19BrN4O3/c1-2-20(13-12-14-6-4-3-5-7-14)17(26)25(19(28)23-20)24-18(27)22-16-10-8-15(21)9-11-16/h3-13H,2H2,1H3,(H,23,28)(H2,22,24,27). The Morgan fingerprint density at radius 1 is 1.14 bits per heavy atom. The van der Waals surface area contributed by atoms with Gasteiger partial charge in [0.1, 0.15) is 5.54 Å². The molecule has 0 bridgehead atoms. The summed E-state index contributed by atoms with van der Waals surface area (Å²) in [4.78, 5) is 37.4. The van der Waals surface area contributed by atoms with E-state index in [2.05, 4.69) is 32.0 Å². The lowest BCUT2D eigenvalue weighted by molar-refractivity contribution is -0.131. The second kappa shape index (κ2) is 8.26. The summed E-state index contributed by atoms with van der Waals surface area (Å²) in [5.74, 6) is -0.543. The molecule has 1 saturated heterocycles. The summed E-state index contributed by atoms with van der Waals surface area (Å²) in [5.41, 5.74) is 2.52. The molecule has 0 aliphatic carbocycles. The van der Waals surface area contributed by atoms with E-state index in [0.29, 0.717) is 17.1 Å². The van der Waals surface area contributed by atoms with Crippen molar-refractivity contribution in [1.82, 2.24) is 15.8 Å². The molecular weight excluding hydrogens is 424 g/mol. The van der Waals surface area contributed by atoms with E-state index in [1.54, 1.807) is 43.3 Å². The molecule has 3 rings (SSSR count). The molecule has 1 aliphatic heterocycles. The summed E-state index contributed by atoms with van der Waals surface area (Å²) in [6.07, 6.45) is 3.76. The van der Waals surface area contributed by atoms with Gasteiger partial charge >= 0.3 is 12.1 Å². The van der Waals surface area contributed by atoms with Gasteiger partial charge in [-0.3, -0.25) is 4.79 Å². The molecule has 0 saturated carbocycles. The fourth-order valence-corrected chi connectivity index (χ4v) is 3.02. The van der Waals surface area contributed by atoms with Gasteiger partial charge in [-0.1, -0.05) is 59.3 Å².